The van der Waals surface area contributed by atoms with Crippen LogP contribution in [-0.2, 0) is 5.41 Å². The summed E-state index contributed by atoms with van der Waals surface area (Å²) in [7, 11) is 0. The predicted molar refractivity (Wildman–Crippen MR) is 197 cm³/mol. The van der Waals surface area contributed by atoms with Gasteiger partial charge in [-0.2, -0.15) is 0 Å². The molecular formula is C45H30S. The van der Waals surface area contributed by atoms with Crippen LogP contribution in [0, 0.1) is 0 Å². The van der Waals surface area contributed by atoms with E-state index in [4.69, 9.17) is 0 Å². The van der Waals surface area contributed by atoms with Crippen molar-refractivity contribution in [3.63, 3.8) is 0 Å². The Hall–Kier alpha value is -5.11. The molecule has 0 spiro atoms. The van der Waals surface area contributed by atoms with E-state index in [1.54, 1.807) is 0 Å². The molecule has 0 aromatic heterocycles. The first-order chi connectivity index (χ1) is 22.6. The van der Waals surface area contributed by atoms with Gasteiger partial charge < -0.3 is 0 Å². The standard InChI is InChI=1S/C45H30S/c1-45(2)38-20-9-7-12-28(38)37-26-27(22-24-39(37)45)42-31-14-3-5-16-33(31)43(34-17-6-4-15-32(34)42)36-23-25-41-44-30(18-11-19-35(36)44)29-13-8-10-21-40(29)46-41/h3-26H,1-2H3. The Morgan fingerprint density at radius 2 is 0.978 bits per heavy atom. The molecule has 10 rings (SSSR count). The molecule has 0 radical (unpaired) electrons. The van der Waals surface area contributed by atoms with Gasteiger partial charge in [-0.25, -0.2) is 0 Å². The number of fused-ring (bicyclic) bond motifs is 7. The number of rotatable bonds is 2. The van der Waals surface area contributed by atoms with Crippen LogP contribution in [0.25, 0.3) is 76.8 Å². The summed E-state index contributed by atoms with van der Waals surface area (Å²) in [6.07, 6.45) is 0. The lowest BCUT2D eigenvalue weighted by Gasteiger charge is -2.23. The van der Waals surface area contributed by atoms with E-state index in [1.807, 2.05) is 11.8 Å². The number of hydrogen-bond donors (Lipinski definition) is 0. The summed E-state index contributed by atoms with van der Waals surface area (Å²) in [5.41, 5.74) is 13.4. The van der Waals surface area contributed by atoms with Crippen molar-refractivity contribution in [1.82, 2.24) is 0 Å². The average molecular weight is 603 g/mol. The third-order valence-electron chi connectivity index (χ3n) is 10.5. The van der Waals surface area contributed by atoms with Crippen molar-refractivity contribution in [3.8, 4) is 44.5 Å². The Morgan fingerprint density at radius 1 is 0.391 bits per heavy atom. The highest BCUT2D eigenvalue weighted by molar-refractivity contribution is 7.99. The van der Waals surface area contributed by atoms with Gasteiger partial charge in [0.25, 0.3) is 0 Å². The first kappa shape index (κ1) is 26.1. The van der Waals surface area contributed by atoms with Gasteiger partial charge >= 0.3 is 0 Å². The molecule has 1 aliphatic heterocycles. The average Bonchev–Trinajstić information content (AvgIpc) is 3.33. The van der Waals surface area contributed by atoms with Crippen molar-refractivity contribution in [3.05, 3.63) is 157 Å². The highest BCUT2D eigenvalue weighted by atomic mass is 32.2. The quantitative estimate of drug-likeness (QED) is 0.177. The maximum atomic E-state index is 2.45. The highest BCUT2D eigenvalue weighted by Crippen LogP contribution is 2.53. The van der Waals surface area contributed by atoms with Crippen LogP contribution in [0.1, 0.15) is 25.0 Å². The van der Waals surface area contributed by atoms with Crippen molar-refractivity contribution in [1.29, 1.82) is 0 Å². The molecule has 8 aromatic rings. The summed E-state index contributed by atoms with van der Waals surface area (Å²) >= 11 is 1.89. The normalized spacial score (nSPS) is 14.0. The third-order valence-corrected chi connectivity index (χ3v) is 11.6. The monoisotopic (exact) mass is 602 g/mol. The number of benzene rings is 8. The van der Waals surface area contributed by atoms with Gasteiger partial charge in [0, 0.05) is 20.6 Å². The zero-order valence-electron chi connectivity index (χ0n) is 25.8. The molecule has 0 bridgehead atoms. The van der Waals surface area contributed by atoms with Crippen LogP contribution in [0.2, 0.25) is 0 Å². The second-order valence-corrected chi connectivity index (χ2v) is 14.3. The Labute approximate surface area is 273 Å². The SMILES string of the molecule is CC1(C)c2ccccc2-c2cc(-c3c4ccccc4c(-c4ccc5c6c(cccc46)-c4ccccc4S5)c4ccccc34)ccc21. The lowest BCUT2D eigenvalue weighted by molar-refractivity contribution is 0.660. The zero-order chi connectivity index (χ0) is 30.6. The highest BCUT2D eigenvalue weighted by Gasteiger charge is 2.35. The topological polar surface area (TPSA) is 0 Å². The number of hydrogen-bond acceptors (Lipinski definition) is 1. The fraction of sp³-hybridized carbons (Fsp3) is 0.0667. The minimum Gasteiger partial charge on any atom is -0.0888 e. The van der Waals surface area contributed by atoms with Crippen molar-refractivity contribution < 1.29 is 0 Å². The summed E-state index contributed by atoms with van der Waals surface area (Å²) in [4.78, 5) is 2.66. The van der Waals surface area contributed by atoms with Gasteiger partial charge in [0.1, 0.15) is 0 Å². The van der Waals surface area contributed by atoms with Gasteiger partial charge in [0.2, 0.25) is 0 Å². The lowest BCUT2D eigenvalue weighted by Crippen LogP contribution is -2.14. The van der Waals surface area contributed by atoms with E-state index in [-0.39, 0.29) is 5.41 Å². The summed E-state index contributed by atoms with van der Waals surface area (Å²) in [5.74, 6) is 0. The van der Waals surface area contributed by atoms with Crippen LogP contribution in [-0.4, -0.2) is 0 Å². The molecule has 1 heterocycles. The van der Waals surface area contributed by atoms with Crippen molar-refractivity contribution in [2.75, 3.05) is 0 Å². The van der Waals surface area contributed by atoms with Gasteiger partial charge in [0.05, 0.1) is 0 Å². The van der Waals surface area contributed by atoms with E-state index in [0.717, 1.165) is 0 Å². The summed E-state index contributed by atoms with van der Waals surface area (Å²) in [6.45, 7) is 4.71. The van der Waals surface area contributed by atoms with Crippen molar-refractivity contribution in [2.24, 2.45) is 0 Å². The van der Waals surface area contributed by atoms with E-state index in [9.17, 15) is 0 Å². The second-order valence-electron chi connectivity index (χ2n) is 13.2. The van der Waals surface area contributed by atoms with Crippen LogP contribution in [0.4, 0.5) is 0 Å². The molecular weight excluding hydrogens is 573 g/mol. The van der Waals surface area contributed by atoms with Gasteiger partial charge in [0.15, 0.2) is 0 Å². The van der Waals surface area contributed by atoms with Gasteiger partial charge in [-0.15, -0.1) is 0 Å². The maximum Gasteiger partial charge on any atom is 0.0207 e. The summed E-state index contributed by atoms with van der Waals surface area (Å²) in [6, 6.07) is 54.6. The Kier molecular flexibility index (Phi) is 5.37. The molecule has 0 fully saturated rings. The first-order valence-electron chi connectivity index (χ1n) is 16.1. The van der Waals surface area contributed by atoms with Crippen LogP contribution in [0.15, 0.2) is 155 Å². The molecule has 8 aromatic carbocycles. The molecule has 0 saturated heterocycles. The van der Waals surface area contributed by atoms with Gasteiger partial charge in [-0.1, -0.05) is 153 Å². The third kappa shape index (κ3) is 3.47. The molecule has 46 heavy (non-hydrogen) atoms. The molecule has 0 nitrogen and oxygen atoms in total. The Morgan fingerprint density at radius 3 is 1.74 bits per heavy atom. The summed E-state index contributed by atoms with van der Waals surface area (Å²) in [5, 5.41) is 7.85. The fourth-order valence-corrected chi connectivity index (χ4v) is 9.53. The van der Waals surface area contributed by atoms with Gasteiger partial charge in [-0.3, -0.25) is 0 Å². The largest absolute Gasteiger partial charge is 0.0888 e. The second kappa shape index (κ2) is 9.45. The lowest BCUT2D eigenvalue weighted by atomic mass is 9.81. The first-order valence-corrected chi connectivity index (χ1v) is 16.9. The van der Waals surface area contributed by atoms with Gasteiger partial charge in [-0.05, 0) is 101 Å². The van der Waals surface area contributed by atoms with Crippen molar-refractivity contribution in [2.45, 2.75) is 29.1 Å². The molecule has 2 aliphatic rings. The molecule has 0 atom stereocenters. The summed E-state index contributed by atoms with van der Waals surface area (Å²) < 4.78 is 0. The van der Waals surface area contributed by atoms with Crippen LogP contribution in [0.3, 0.4) is 0 Å². The van der Waals surface area contributed by atoms with E-state index in [1.165, 1.54) is 97.7 Å². The van der Waals surface area contributed by atoms with E-state index in [0.29, 0.717) is 0 Å². The van der Waals surface area contributed by atoms with E-state index < -0.39 is 0 Å². The molecule has 0 unspecified atom stereocenters. The molecule has 0 saturated carbocycles. The molecule has 216 valence electrons. The van der Waals surface area contributed by atoms with Crippen molar-refractivity contribution >= 4 is 44.1 Å². The molecule has 0 N–H and O–H groups in total. The smallest absolute Gasteiger partial charge is 0.0207 e. The minimum atomic E-state index is -0.00804. The van der Waals surface area contributed by atoms with Crippen LogP contribution in [0.5, 0.6) is 0 Å². The van der Waals surface area contributed by atoms with Crippen LogP contribution >= 0.6 is 11.8 Å². The van der Waals surface area contributed by atoms with E-state index >= 15 is 0 Å². The molecule has 1 heteroatoms. The Bertz CT molecular complexity index is 2530. The minimum absolute atomic E-state index is 0.00804. The van der Waals surface area contributed by atoms with E-state index in [2.05, 4.69) is 159 Å². The van der Waals surface area contributed by atoms with Crippen LogP contribution < -0.4 is 0 Å². The zero-order valence-corrected chi connectivity index (χ0v) is 26.6. The molecule has 0 amide bonds. The Balaban J connectivity index is 1.28. The fourth-order valence-electron chi connectivity index (χ4n) is 8.40. The predicted octanol–water partition coefficient (Wildman–Crippen LogP) is 12.9. The maximum absolute atomic E-state index is 2.45. The molecule has 1 aliphatic carbocycles.